The Morgan fingerprint density at radius 1 is 1.11 bits per heavy atom. The molecule has 1 unspecified atom stereocenters. The van der Waals surface area contributed by atoms with Crippen LogP contribution in [0.15, 0.2) is 41.1 Å². The van der Waals surface area contributed by atoms with Gasteiger partial charge in [-0.3, -0.25) is 4.90 Å². The van der Waals surface area contributed by atoms with E-state index in [1.165, 1.54) is 11.1 Å². The second-order valence-electron chi connectivity index (χ2n) is 5.07. The van der Waals surface area contributed by atoms with Crippen LogP contribution in [0.4, 0.5) is 0 Å². The average molecular weight is 275 g/mol. The van der Waals surface area contributed by atoms with E-state index >= 15 is 0 Å². The summed E-state index contributed by atoms with van der Waals surface area (Å²) in [5.74, 6) is 0. The molecule has 0 saturated heterocycles. The third kappa shape index (κ3) is 4.16. The normalized spacial score (nSPS) is 12.8. The quantitative estimate of drug-likeness (QED) is 0.874. The highest BCUT2D eigenvalue weighted by Crippen LogP contribution is 2.14. The Labute approximate surface area is 119 Å². The fourth-order valence-electron chi connectivity index (χ4n) is 2.10. The van der Waals surface area contributed by atoms with Gasteiger partial charge in [0.25, 0.3) is 0 Å². The maximum absolute atomic E-state index is 9.03. The minimum Gasteiger partial charge on any atom is -0.392 e. The smallest absolute Gasteiger partial charge is 0.0681 e. The fraction of sp³-hybridized carbons (Fsp3) is 0.375. The molecule has 1 heterocycles. The summed E-state index contributed by atoms with van der Waals surface area (Å²) in [6, 6.07) is 10.9. The number of aliphatic hydroxyl groups is 1. The lowest BCUT2D eigenvalue weighted by Crippen LogP contribution is -2.30. The predicted molar refractivity (Wildman–Crippen MR) is 81.3 cm³/mol. The summed E-state index contributed by atoms with van der Waals surface area (Å²) in [5, 5.41) is 13.4. The highest BCUT2D eigenvalue weighted by Gasteiger charge is 2.10. The molecule has 0 radical (unpaired) electrons. The van der Waals surface area contributed by atoms with Crippen molar-refractivity contribution in [2.45, 2.75) is 32.5 Å². The first-order chi connectivity index (χ1) is 9.19. The van der Waals surface area contributed by atoms with Crippen molar-refractivity contribution < 1.29 is 5.11 Å². The van der Waals surface area contributed by atoms with Gasteiger partial charge in [0.05, 0.1) is 6.61 Å². The molecule has 0 aliphatic heterocycles. The molecular weight excluding hydrogens is 254 g/mol. The van der Waals surface area contributed by atoms with E-state index in [-0.39, 0.29) is 6.61 Å². The second kappa shape index (κ2) is 6.85. The zero-order valence-electron chi connectivity index (χ0n) is 11.5. The first-order valence-corrected chi connectivity index (χ1v) is 7.53. The van der Waals surface area contributed by atoms with E-state index in [0.717, 1.165) is 18.5 Å². The number of benzene rings is 1. The Kier molecular flexibility index (Phi) is 5.14. The van der Waals surface area contributed by atoms with Crippen molar-refractivity contribution in [3.05, 3.63) is 57.8 Å². The molecule has 19 heavy (non-hydrogen) atoms. The molecule has 3 heteroatoms. The molecule has 0 aliphatic carbocycles. The van der Waals surface area contributed by atoms with Crippen molar-refractivity contribution in [3.63, 3.8) is 0 Å². The highest BCUT2D eigenvalue weighted by atomic mass is 32.1. The number of nitrogens with zero attached hydrogens (tertiary/aromatic N) is 1. The topological polar surface area (TPSA) is 23.5 Å². The number of likely N-dealkylation sites (N-methyl/N-ethyl adjacent to an activating group) is 1. The Balaban J connectivity index is 1.90. The summed E-state index contributed by atoms with van der Waals surface area (Å²) in [5.41, 5.74) is 3.68. The van der Waals surface area contributed by atoms with Crippen LogP contribution in [0.2, 0.25) is 0 Å². The van der Waals surface area contributed by atoms with Crippen LogP contribution in [0, 0.1) is 0 Å². The molecule has 1 aromatic heterocycles. The molecule has 0 fully saturated rings. The Morgan fingerprint density at radius 2 is 1.79 bits per heavy atom. The molecule has 102 valence electrons. The molecule has 2 nitrogen and oxygen atoms in total. The molecule has 0 amide bonds. The van der Waals surface area contributed by atoms with E-state index in [1.807, 2.05) is 12.1 Å². The van der Waals surface area contributed by atoms with Gasteiger partial charge >= 0.3 is 0 Å². The van der Waals surface area contributed by atoms with E-state index in [0.29, 0.717) is 6.04 Å². The maximum Gasteiger partial charge on any atom is 0.0681 e. The molecule has 1 aromatic carbocycles. The third-order valence-corrected chi connectivity index (χ3v) is 4.23. The first kappa shape index (κ1) is 14.3. The molecule has 0 bridgehead atoms. The zero-order chi connectivity index (χ0) is 13.7. The summed E-state index contributed by atoms with van der Waals surface area (Å²) in [7, 11) is 2.16. The van der Waals surface area contributed by atoms with E-state index in [2.05, 4.69) is 47.8 Å². The molecular formula is C16H21NOS. The van der Waals surface area contributed by atoms with Crippen molar-refractivity contribution in [2.75, 3.05) is 7.05 Å². The summed E-state index contributed by atoms with van der Waals surface area (Å²) >= 11 is 1.76. The van der Waals surface area contributed by atoms with Gasteiger partial charge < -0.3 is 5.11 Å². The molecule has 0 aliphatic rings. The number of hydrogen-bond acceptors (Lipinski definition) is 3. The van der Waals surface area contributed by atoms with Crippen LogP contribution in [0.25, 0.3) is 0 Å². The lowest BCUT2D eigenvalue weighted by atomic mass is 10.1. The van der Waals surface area contributed by atoms with Crippen molar-refractivity contribution in [1.29, 1.82) is 0 Å². The summed E-state index contributed by atoms with van der Waals surface area (Å²) in [6.07, 6.45) is 1.09. The van der Waals surface area contributed by atoms with Gasteiger partial charge in [0.2, 0.25) is 0 Å². The van der Waals surface area contributed by atoms with Crippen LogP contribution in [0.5, 0.6) is 0 Å². The van der Waals surface area contributed by atoms with Crippen molar-refractivity contribution in [3.8, 4) is 0 Å². The minimum absolute atomic E-state index is 0.116. The summed E-state index contributed by atoms with van der Waals surface area (Å²) in [4.78, 5) is 2.37. The van der Waals surface area contributed by atoms with Crippen LogP contribution in [0.3, 0.4) is 0 Å². The Morgan fingerprint density at radius 3 is 2.37 bits per heavy atom. The van der Waals surface area contributed by atoms with Crippen LogP contribution < -0.4 is 0 Å². The molecule has 1 N–H and O–H groups in total. The number of thiophene rings is 1. The molecule has 2 rings (SSSR count). The molecule has 2 aromatic rings. The van der Waals surface area contributed by atoms with Gasteiger partial charge in [0, 0.05) is 12.6 Å². The Bertz CT molecular complexity index is 478. The third-order valence-electron chi connectivity index (χ3n) is 3.50. The van der Waals surface area contributed by atoms with E-state index < -0.39 is 0 Å². The van der Waals surface area contributed by atoms with Crippen LogP contribution >= 0.6 is 11.3 Å². The van der Waals surface area contributed by atoms with Gasteiger partial charge in [-0.05, 0) is 53.9 Å². The van der Waals surface area contributed by atoms with E-state index in [4.69, 9.17) is 5.11 Å². The molecule has 1 atom stereocenters. The van der Waals surface area contributed by atoms with Crippen molar-refractivity contribution in [1.82, 2.24) is 4.90 Å². The average Bonchev–Trinajstić information content (AvgIpc) is 2.92. The highest BCUT2D eigenvalue weighted by molar-refractivity contribution is 7.07. The van der Waals surface area contributed by atoms with Crippen LogP contribution in [-0.4, -0.2) is 23.1 Å². The Hall–Kier alpha value is -1.16. The molecule has 0 spiro atoms. The zero-order valence-corrected chi connectivity index (χ0v) is 12.4. The van der Waals surface area contributed by atoms with Gasteiger partial charge in [0.1, 0.15) is 0 Å². The number of rotatable bonds is 6. The largest absolute Gasteiger partial charge is 0.392 e. The lowest BCUT2D eigenvalue weighted by molar-refractivity contribution is 0.248. The lowest BCUT2D eigenvalue weighted by Gasteiger charge is -2.24. The SMILES string of the molecule is CC(Cc1ccsc1)N(C)Cc1ccc(CO)cc1. The van der Waals surface area contributed by atoms with Gasteiger partial charge in [-0.15, -0.1) is 0 Å². The molecule has 0 saturated carbocycles. The summed E-state index contributed by atoms with van der Waals surface area (Å²) in [6.45, 7) is 3.32. The van der Waals surface area contributed by atoms with Crippen molar-refractivity contribution in [2.24, 2.45) is 0 Å². The van der Waals surface area contributed by atoms with Crippen LogP contribution in [-0.2, 0) is 19.6 Å². The fourth-order valence-corrected chi connectivity index (χ4v) is 2.78. The van der Waals surface area contributed by atoms with Gasteiger partial charge in [-0.25, -0.2) is 0 Å². The monoisotopic (exact) mass is 275 g/mol. The predicted octanol–water partition coefficient (Wildman–Crippen LogP) is 3.30. The standard InChI is InChI=1S/C16H21NOS/c1-13(9-16-7-8-19-12-16)17(2)10-14-3-5-15(11-18)6-4-14/h3-8,12-13,18H,9-11H2,1-2H3. The van der Waals surface area contributed by atoms with E-state index in [9.17, 15) is 0 Å². The maximum atomic E-state index is 9.03. The second-order valence-corrected chi connectivity index (χ2v) is 5.85. The number of hydrogen-bond donors (Lipinski definition) is 1. The van der Waals surface area contributed by atoms with Crippen molar-refractivity contribution >= 4 is 11.3 Å². The summed E-state index contributed by atoms with van der Waals surface area (Å²) < 4.78 is 0. The number of aliphatic hydroxyl groups excluding tert-OH is 1. The van der Waals surface area contributed by atoms with Gasteiger partial charge in [0.15, 0.2) is 0 Å². The van der Waals surface area contributed by atoms with E-state index in [1.54, 1.807) is 11.3 Å². The van der Waals surface area contributed by atoms with Gasteiger partial charge in [-0.2, -0.15) is 11.3 Å². The first-order valence-electron chi connectivity index (χ1n) is 6.59. The van der Waals surface area contributed by atoms with Gasteiger partial charge in [-0.1, -0.05) is 24.3 Å². The minimum atomic E-state index is 0.116. The van der Waals surface area contributed by atoms with Crippen LogP contribution in [0.1, 0.15) is 23.6 Å².